The van der Waals surface area contributed by atoms with Gasteiger partial charge in [-0.25, -0.2) is 4.98 Å². The second kappa shape index (κ2) is 7.47. The van der Waals surface area contributed by atoms with Crippen molar-refractivity contribution in [3.63, 3.8) is 0 Å². The Kier molecular flexibility index (Phi) is 5.14. The number of hydrogen-bond acceptors (Lipinski definition) is 3. The van der Waals surface area contributed by atoms with Gasteiger partial charge < -0.3 is 10.2 Å². The maximum absolute atomic E-state index is 12.3. The Morgan fingerprint density at radius 2 is 2.04 bits per heavy atom. The summed E-state index contributed by atoms with van der Waals surface area (Å²) >= 11 is 0. The number of rotatable bonds is 4. The largest absolute Gasteiger partial charge is 0.370 e. The molecule has 0 saturated carbocycles. The zero-order valence-electron chi connectivity index (χ0n) is 14.5. The summed E-state index contributed by atoms with van der Waals surface area (Å²) < 4.78 is 0. The molecule has 4 heteroatoms. The standard InChI is InChI=1S/C20H25N3O/c1-3-16-6-8-17(9-7-16)22-20(24)19-11-10-18(13-21-19)23-12-4-5-15(2)14-23/h6-11,13,15H,3-5,12,14H2,1-2H3,(H,22,24). The predicted octanol–water partition coefficient (Wildman–Crippen LogP) is 4.13. The van der Waals surface area contributed by atoms with Crippen molar-refractivity contribution < 1.29 is 4.79 Å². The minimum Gasteiger partial charge on any atom is -0.370 e. The molecule has 4 nitrogen and oxygen atoms in total. The third-order valence-corrected chi connectivity index (χ3v) is 4.62. The molecule has 1 atom stereocenters. The van der Waals surface area contributed by atoms with Crippen LogP contribution in [0.4, 0.5) is 11.4 Å². The van der Waals surface area contributed by atoms with E-state index < -0.39 is 0 Å². The Balaban J connectivity index is 1.64. The molecular formula is C20H25N3O. The topological polar surface area (TPSA) is 45.2 Å². The summed E-state index contributed by atoms with van der Waals surface area (Å²) in [4.78, 5) is 19.0. The quantitative estimate of drug-likeness (QED) is 0.920. The van der Waals surface area contributed by atoms with E-state index in [1.807, 2.05) is 42.6 Å². The van der Waals surface area contributed by atoms with E-state index in [2.05, 4.69) is 29.0 Å². The highest BCUT2D eigenvalue weighted by Crippen LogP contribution is 2.22. The van der Waals surface area contributed by atoms with Crippen LogP contribution >= 0.6 is 0 Å². The summed E-state index contributed by atoms with van der Waals surface area (Å²) in [6.45, 7) is 6.53. The second-order valence-electron chi connectivity index (χ2n) is 6.60. The molecule has 1 aromatic carbocycles. The van der Waals surface area contributed by atoms with Crippen LogP contribution in [0.25, 0.3) is 0 Å². The fourth-order valence-electron chi connectivity index (χ4n) is 3.15. The lowest BCUT2D eigenvalue weighted by atomic mass is 10.00. The number of piperidine rings is 1. The van der Waals surface area contributed by atoms with Crippen LogP contribution in [0.2, 0.25) is 0 Å². The van der Waals surface area contributed by atoms with Crippen LogP contribution in [0.1, 0.15) is 42.7 Å². The van der Waals surface area contributed by atoms with Gasteiger partial charge in [0.2, 0.25) is 0 Å². The van der Waals surface area contributed by atoms with Gasteiger partial charge in [-0.15, -0.1) is 0 Å². The zero-order chi connectivity index (χ0) is 16.9. The van der Waals surface area contributed by atoms with Crippen molar-refractivity contribution in [1.29, 1.82) is 0 Å². The lowest BCUT2D eigenvalue weighted by Crippen LogP contribution is -2.34. The molecule has 2 aromatic rings. The van der Waals surface area contributed by atoms with E-state index in [0.29, 0.717) is 11.6 Å². The Bertz CT molecular complexity index is 679. The van der Waals surface area contributed by atoms with Crippen molar-refractivity contribution in [2.75, 3.05) is 23.3 Å². The molecule has 0 spiro atoms. The maximum Gasteiger partial charge on any atom is 0.274 e. The minimum atomic E-state index is -0.169. The normalized spacial score (nSPS) is 17.6. The highest BCUT2D eigenvalue weighted by molar-refractivity contribution is 6.02. The summed E-state index contributed by atoms with van der Waals surface area (Å²) in [7, 11) is 0. The van der Waals surface area contributed by atoms with Gasteiger partial charge in [-0.3, -0.25) is 4.79 Å². The molecular weight excluding hydrogens is 298 g/mol. The SMILES string of the molecule is CCc1ccc(NC(=O)c2ccc(N3CCCC(C)C3)cn2)cc1. The van der Waals surface area contributed by atoms with Crippen molar-refractivity contribution in [2.45, 2.75) is 33.1 Å². The van der Waals surface area contributed by atoms with Gasteiger partial charge in [0, 0.05) is 18.8 Å². The lowest BCUT2D eigenvalue weighted by Gasteiger charge is -2.32. The first-order valence-corrected chi connectivity index (χ1v) is 8.77. The number of amides is 1. The number of nitrogens with zero attached hydrogens (tertiary/aromatic N) is 2. The maximum atomic E-state index is 12.3. The molecule has 1 fully saturated rings. The van der Waals surface area contributed by atoms with Gasteiger partial charge in [0.1, 0.15) is 5.69 Å². The minimum absolute atomic E-state index is 0.169. The van der Waals surface area contributed by atoms with Crippen LogP contribution < -0.4 is 10.2 Å². The highest BCUT2D eigenvalue weighted by atomic mass is 16.1. The molecule has 1 saturated heterocycles. The number of nitrogens with one attached hydrogen (secondary N) is 1. The van der Waals surface area contributed by atoms with E-state index in [1.165, 1.54) is 18.4 Å². The number of pyridine rings is 1. The van der Waals surface area contributed by atoms with Gasteiger partial charge in [-0.2, -0.15) is 0 Å². The van der Waals surface area contributed by atoms with E-state index in [-0.39, 0.29) is 5.91 Å². The number of aromatic nitrogens is 1. The number of carbonyl (C=O) groups excluding carboxylic acids is 1. The Morgan fingerprint density at radius 3 is 2.67 bits per heavy atom. The fraction of sp³-hybridized carbons (Fsp3) is 0.400. The molecule has 3 rings (SSSR count). The Labute approximate surface area is 143 Å². The molecule has 24 heavy (non-hydrogen) atoms. The van der Waals surface area contributed by atoms with Gasteiger partial charge in [0.25, 0.3) is 5.91 Å². The Morgan fingerprint density at radius 1 is 1.25 bits per heavy atom. The Hall–Kier alpha value is -2.36. The molecule has 1 amide bonds. The van der Waals surface area contributed by atoms with Crippen molar-refractivity contribution in [3.05, 3.63) is 53.9 Å². The van der Waals surface area contributed by atoms with E-state index >= 15 is 0 Å². The summed E-state index contributed by atoms with van der Waals surface area (Å²) in [6, 6.07) is 11.7. The molecule has 0 aliphatic carbocycles. The van der Waals surface area contributed by atoms with Crippen molar-refractivity contribution in [2.24, 2.45) is 5.92 Å². The van der Waals surface area contributed by atoms with Gasteiger partial charge in [-0.1, -0.05) is 26.0 Å². The first kappa shape index (κ1) is 16.5. The fourth-order valence-corrected chi connectivity index (χ4v) is 3.15. The predicted molar refractivity (Wildman–Crippen MR) is 98.6 cm³/mol. The third kappa shape index (κ3) is 3.94. The number of aryl methyl sites for hydroxylation is 1. The second-order valence-corrected chi connectivity index (χ2v) is 6.60. The molecule has 0 bridgehead atoms. The zero-order valence-corrected chi connectivity index (χ0v) is 14.5. The molecule has 1 unspecified atom stereocenters. The van der Waals surface area contributed by atoms with E-state index in [4.69, 9.17) is 0 Å². The molecule has 126 valence electrons. The molecule has 1 aromatic heterocycles. The highest BCUT2D eigenvalue weighted by Gasteiger charge is 2.17. The van der Waals surface area contributed by atoms with Gasteiger partial charge in [-0.05, 0) is 55.0 Å². The van der Waals surface area contributed by atoms with Crippen molar-refractivity contribution in [1.82, 2.24) is 4.98 Å². The van der Waals surface area contributed by atoms with Crippen molar-refractivity contribution in [3.8, 4) is 0 Å². The summed E-state index contributed by atoms with van der Waals surface area (Å²) in [5, 5.41) is 2.90. The smallest absolute Gasteiger partial charge is 0.274 e. The van der Waals surface area contributed by atoms with Crippen molar-refractivity contribution >= 4 is 17.3 Å². The van der Waals surface area contributed by atoms with E-state index in [0.717, 1.165) is 30.9 Å². The third-order valence-electron chi connectivity index (χ3n) is 4.62. The number of hydrogen-bond donors (Lipinski definition) is 1. The molecule has 2 heterocycles. The van der Waals surface area contributed by atoms with Crippen LogP contribution in [0.5, 0.6) is 0 Å². The van der Waals surface area contributed by atoms with Gasteiger partial charge in [0.05, 0.1) is 11.9 Å². The average Bonchev–Trinajstić information content (AvgIpc) is 2.62. The molecule has 1 N–H and O–H groups in total. The molecule has 1 aliphatic heterocycles. The van der Waals surface area contributed by atoms with Crippen LogP contribution in [0.3, 0.4) is 0 Å². The number of anilines is 2. The summed E-state index contributed by atoms with van der Waals surface area (Å²) in [6.07, 6.45) is 5.32. The monoisotopic (exact) mass is 323 g/mol. The molecule has 1 aliphatic rings. The molecule has 0 radical (unpaired) electrons. The van der Waals surface area contributed by atoms with Gasteiger partial charge in [0.15, 0.2) is 0 Å². The lowest BCUT2D eigenvalue weighted by molar-refractivity contribution is 0.102. The first-order valence-electron chi connectivity index (χ1n) is 8.77. The van der Waals surface area contributed by atoms with Crippen LogP contribution in [-0.4, -0.2) is 24.0 Å². The van der Waals surface area contributed by atoms with Gasteiger partial charge >= 0.3 is 0 Å². The summed E-state index contributed by atoms with van der Waals surface area (Å²) in [5.41, 5.74) is 3.60. The summed E-state index contributed by atoms with van der Waals surface area (Å²) in [5.74, 6) is 0.547. The number of benzene rings is 1. The van der Waals surface area contributed by atoms with Crippen LogP contribution in [0.15, 0.2) is 42.6 Å². The van der Waals surface area contributed by atoms with Crippen LogP contribution in [-0.2, 0) is 6.42 Å². The van der Waals surface area contributed by atoms with Crippen LogP contribution in [0, 0.1) is 5.92 Å². The van der Waals surface area contributed by atoms with E-state index in [1.54, 1.807) is 0 Å². The first-order chi connectivity index (χ1) is 11.7. The van der Waals surface area contributed by atoms with E-state index in [9.17, 15) is 4.79 Å². The average molecular weight is 323 g/mol. The number of carbonyl (C=O) groups is 1.